The van der Waals surface area contributed by atoms with Crippen LogP contribution in [0.5, 0.6) is 0 Å². The molecule has 0 aromatic heterocycles. The van der Waals surface area contributed by atoms with E-state index in [1.165, 1.54) is 12.0 Å². The van der Waals surface area contributed by atoms with Crippen molar-refractivity contribution < 1.29 is 0 Å². The number of rotatable bonds is 2. The van der Waals surface area contributed by atoms with Gasteiger partial charge in [0.1, 0.15) is 0 Å². The minimum atomic E-state index is 0.727. The van der Waals surface area contributed by atoms with Crippen LogP contribution < -0.4 is 0 Å². The average molecular weight is 203 g/mol. The molecule has 0 amide bonds. The van der Waals surface area contributed by atoms with Crippen LogP contribution in [0.15, 0.2) is 24.3 Å². The lowest BCUT2D eigenvalue weighted by Crippen LogP contribution is -2.43. The predicted octanol–water partition coefficient (Wildman–Crippen LogP) is 3.09. The molecule has 0 radical (unpaired) electrons. The number of likely N-dealkylation sites (N-methyl/N-ethyl adjacent to an activating group) is 1. The summed E-state index contributed by atoms with van der Waals surface area (Å²) >= 11 is 0. The minimum absolute atomic E-state index is 0.727. The molecule has 0 aliphatic carbocycles. The van der Waals surface area contributed by atoms with Crippen molar-refractivity contribution in [3.63, 3.8) is 0 Å². The van der Waals surface area contributed by atoms with Crippen LogP contribution in [0.25, 0.3) is 0 Å². The van der Waals surface area contributed by atoms with Crippen LogP contribution in [-0.4, -0.2) is 17.5 Å². The molecule has 0 N–H and O–H groups in total. The molecule has 15 heavy (non-hydrogen) atoms. The third-order valence-electron chi connectivity index (χ3n) is 3.57. The molecule has 0 bridgehead atoms. The van der Waals surface area contributed by atoms with E-state index >= 15 is 0 Å². The molecule has 1 aliphatic rings. The maximum absolute atomic E-state index is 2.60. The lowest BCUT2D eigenvalue weighted by atomic mass is 9.88. The Labute approximate surface area is 93.1 Å². The molecule has 1 aromatic carbocycles. The molecule has 1 aromatic rings. The highest BCUT2D eigenvalue weighted by atomic mass is 15.2. The highest BCUT2D eigenvalue weighted by Gasteiger charge is 2.26. The highest BCUT2D eigenvalue weighted by Crippen LogP contribution is 2.26. The van der Waals surface area contributed by atoms with E-state index in [4.69, 9.17) is 0 Å². The number of hydrogen-bond donors (Lipinski definition) is 0. The SMILES string of the molecule is CCN1Cc2ccccc2C[C@@H]1C(C)C. The molecule has 0 fully saturated rings. The summed E-state index contributed by atoms with van der Waals surface area (Å²) in [5, 5.41) is 0. The normalized spacial score (nSPS) is 21.7. The van der Waals surface area contributed by atoms with Crippen LogP contribution in [0.1, 0.15) is 31.9 Å². The van der Waals surface area contributed by atoms with Gasteiger partial charge in [-0.15, -0.1) is 0 Å². The number of fused-ring (bicyclic) bond motifs is 1. The van der Waals surface area contributed by atoms with E-state index in [2.05, 4.69) is 49.9 Å². The Morgan fingerprint density at radius 1 is 1.27 bits per heavy atom. The Morgan fingerprint density at radius 2 is 1.93 bits per heavy atom. The highest BCUT2D eigenvalue weighted by molar-refractivity contribution is 5.30. The first-order chi connectivity index (χ1) is 7.22. The first-order valence-corrected chi connectivity index (χ1v) is 6.03. The van der Waals surface area contributed by atoms with Crippen molar-refractivity contribution in [1.29, 1.82) is 0 Å². The summed E-state index contributed by atoms with van der Waals surface area (Å²) in [7, 11) is 0. The van der Waals surface area contributed by atoms with Gasteiger partial charge in [0.15, 0.2) is 0 Å². The molecule has 1 heterocycles. The second-order valence-electron chi connectivity index (χ2n) is 4.85. The molecule has 2 rings (SSSR count). The monoisotopic (exact) mass is 203 g/mol. The summed E-state index contributed by atoms with van der Waals surface area (Å²) in [5.41, 5.74) is 3.08. The number of hydrogen-bond acceptors (Lipinski definition) is 1. The second-order valence-corrected chi connectivity index (χ2v) is 4.85. The third kappa shape index (κ3) is 2.07. The smallest absolute Gasteiger partial charge is 0.0239 e. The molecule has 1 aliphatic heterocycles. The summed E-state index contributed by atoms with van der Waals surface area (Å²) in [6.45, 7) is 9.23. The average Bonchev–Trinajstić information content (AvgIpc) is 2.27. The van der Waals surface area contributed by atoms with Gasteiger partial charge in [0.05, 0.1) is 0 Å². The zero-order chi connectivity index (χ0) is 10.8. The molecule has 1 heteroatoms. The van der Waals surface area contributed by atoms with Crippen LogP contribution in [-0.2, 0) is 13.0 Å². The standard InChI is InChI=1S/C14H21N/c1-4-15-10-13-8-6-5-7-12(13)9-14(15)11(2)3/h5-8,11,14H,4,9-10H2,1-3H3/t14-/m1/s1. The van der Waals surface area contributed by atoms with Crippen molar-refractivity contribution in [3.05, 3.63) is 35.4 Å². The first kappa shape index (κ1) is 10.7. The summed E-state index contributed by atoms with van der Waals surface area (Å²) < 4.78 is 0. The van der Waals surface area contributed by atoms with Crippen molar-refractivity contribution in [2.24, 2.45) is 5.92 Å². The van der Waals surface area contributed by atoms with Crippen LogP contribution in [0, 0.1) is 5.92 Å². The Morgan fingerprint density at radius 3 is 2.53 bits per heavy atom. The molecule has 1 nitrogen and oxygen atoms in total. The van der Waals surface area contributed by atoms with Crippen molar-refractivity contribution in [1.82, 2.24) is 4.90 Å². The second kappa shape index (κ2) is 4.36. The lowest BCUT2D eigenvalue weighted by Gasteiger charge is -2.38. The van der Waals surface area contributed by atoms with Gasteiger partial charge >= 0.3 is 0 Å². The molecule has 0 unspecified atom stereocenters. The quantitative estimate of drug-likeness (QED) is 0.714. The fourth-order valence-electron chi connectivity index (χ4n) is 2.61. The molecular formula is C14H21N. The van der Waals surface area contributed by atoms with Gasteiger partial charge in [0, 0.05) is 12.6 Å². The van der Waals surface area contributed by atoms with Gasteiger partial charge in [-0.05, 0) is 30.0 Å². The van der Waals surface area contributed by atoms with Gasteiger partial charge in [-0.2, -0.15) is 0 Å². The Balaban J connectivity index is 2.26. The fourth-order valence-corrected chi connectivity index (χ4v) is 2.61. The minimum Gasteiger partial charge on any atom is -0.296 e. The predicted molar refractivity (Wildman–Crippen MR) is 64.9 cm³/mol. The zero-order valence-electron chi connectivity index (χ0n) is 10.0. The first-order valence-electron chi connectivity index (χ1n) is 6.03. The zero-order valence-corrected chi connectivity index (χ0v) is 10.0. The largest absolute Gasteiger partial charge is 0.296 e. The summed E-state index contributed by atoms with van der Waals surface area (Å²) in [4.78, 5) is 2.60. The molecular weight excluding hydrogens is 182 g/mol. The van der Waals surface area contributed by atoms with Gasteiger partial charge in [0.25, 0.3) is 0 Å². The van der Waals surface area contributed by atoms with Crippen LogP contribution in [0.3, 0.4) is 0 Å². The van der Waals surface area contributed by atoms with E-state index in [-0.39, 0.29) is 0 Å². The third-order valence-corrected chi connectivity index (χ3v) is 3.57. The van der Waals surface area contributed by atoms with Crippen LogP contribution in [0.4, 0.5) is 0 Å². The summed E-state index contributed by atoms with van der Waals surface area (Å²) in [5.74, 6) is 0.748. The number of nitrogens with zero attached hydrogens (tertiary/aromatic N) is 1. The summed E-state index contributed by atoms with van der Waals surface area (Å²) in [6, 6.07) is 9.61. The van der Waals surface area contributed by atoms with Gasteiger partial charge < -0.3 is 0 Å². The van der Waals surface area contributed by atoms with E-state index in [1.807, 2.05) is 0 Å². The lowest BCUT2D eigenvalue weighted by molar-refractivity contribution is 0.140. The van der Waals surface area contributed by atoms with Gasteiger partial charge in [0.2, 0.25) is 0 Å². The Kier molecular flexibility index (Phi) is 3.11. The van der Waals surface area contributed by atoms with Crippen molar-refractivity contribution in [3.8, 4) is 0 Å². The van der Waals surface area contributed by atoms with Gasteiger partial charge in [-0.25, -0.2) is 0 Å². The van der Waals surface area contributed by atoms with E-state index in [0.29, 0.717) is 0 Å². The Bertz CT molecular complexity index is 330. The molecule has 0 saturated carbocycles. The van der Waals surface area contributed by atoms with E-state index in [1.54, 1.807) is 5.56 Å². The molecule has 0 saturated heterocycles. The van der Waals surface area contributed by atoms with Crippen molar-refractivity contribution >= 4 is 0 Å². The number of benzene rings is 1. The molecule has 0 spiro atoms. The van der Waals surface area contributed by atoms with E-state index in [0.717, 1.165) is 25.0 Å². The fraction of sp³-hybridized carbons (Fsp3) is 0.571. The maximum atomic E-state index is 2.60. The van der Waals surface area contributed by atoms with E-state index in [9.17, 15) is 0 Å². The topological polar surface area (TPSA) is 3.24 Å². The van der Waals surface area contributed by atoms with Gasteiger partial charge in [-0.1, -0.05) is 45.0 Å². The maximum Gasteiger partial charge on any atom is 0.0239 e. The molecule has 1 atom stereocenters. The summed E-state index contributed by atoms with van der Waals surface area (Å²) in [6.07, 6.45) is 1.22. The van der Waals surface area contributed by atoms with Crippen LogP contribution >= 0.6 is 0 Å². The Hall–Kier alpha value is -0.820. The van der Waals surface area contributed by atoms with E-state index < -0.39 is 0 Å². The van der Waals surface area contributed by atoms with Crippen molar-refractivity contribution in [2.45, 2.75) is 39.8 Å². The van der Waals surface area contributed by atoms with Crippen molar-refractivity contribution in [2.75, 3.05) is 6.54 Å². The van der Waals surface area contributed by atoms with Crippen LogP contribution in [0.2, 0.25) is 0 Å². The molecule has 82 valence electrons. The van der Waals surface area contributed by atoms with Gasteiger partial charge in [-0.3, -0.25) is 4.90 Å².